The molecule has 0 bridgehead atoms. The van der Waals surface area contributed by atoms with Crippen LogP contribution in [0.15, 0.2) is 73.3 Å². The minimum absolute atomic E-state index is 0.121. The van der Waals surface area contributed by atoms with Crippen LogP contribution in [0.2, 0.25) is 0 Å². The van der Waals surface area contributed by atoms with Gasteiger partial charge in [0.2, 0.25) is 0 Å². The first-order valence-electron chi connectivity index (χ1n) is 9.18. The van der Waals surface area contributed by atoms with Gasteiger partial charge in [0.05, 0.1) is 0 Å². The number of rotatable bonds is 11. The van der Waals surface area contributed by atoms with Crippen LogP contribution in [0.25, 0.3) is 0 Å². The molecule has 25 heavy (non-hydrogen) atoms. The lowest BCUT2D eigenvalue weighted by molar-refractivity contribution is -0.147. The molecule has 132 valence electrons. The maximum absolute atomic E-state index is 12.0. The molecule has 0 spiro atoms. The van der Waals surface area contributed by atoms with Crippen molar-refractivity contribution in [2.24, 2.45) is 0 Å². The van der Waals surface area contributed by atoms with Crippen molar-refractivity contribution < 1.29 is 9.53 Å². The van der Waals surface area contributed by atoms with E-state index in [0.29, 0.717) is 6.42 Å². The van der Waals surface area contributed by atoms with E-state index in [4.69, 9.17) is 4.74 Å². The molecule has 2 aromatic rings. The normalized spacial score (nSPS) is 11.7. The maximum atomic E-state index is 12.0. The first kappa shape index (κ1) is 19.0. The highest BCUT2D eigenvalue weighted by Crippen LogP contribution is 2.12. The van der Waals surface area contributed by atoms with E-state index < -0.39 is 0 Å². The van der Waals surface area contributed by atoms with E-state index in [9.17, 15) is 4.79 Å². The Kier molecular flexibility index (Phi) is 8.54. The topological polar surface area (TPSA) is 26.3 Å². The Morgan fingerprint density at radius 3 is 2.00 bits per heavy atom. The van der Waals surface area contributed by atoms with Gasteiger partial charge in [0, 0.05) is 6.42 Å². The zero-order valence-corrected chi connectivity index (χ0v) is 14.9. The number of hydrogen-bond donors (Lipinski definition) is 0. The number of esters is 1. The van der Waals surface area contributed by atoms with Crippen molar-refractivity contribution in [3.05, 3.63) is 84.4 Å². The SMILES string of the molecule is C=C[C@@H](CCCCc1ccccc1)OC(=O)CCCc1ccccc1. The van der Waals surface area contributed by atoms with Gasteiger partial charge in [0.25, 0.3) is 0 Å². The zero-order chi connectivity index (χ0) is 17.7. The Labute approximate surface area is 151 Å². The van der Waals surface area contributed by atoms with Crippen LogP contribution in [0.5, 0.6) is 0 Å². The van der Waals surface area contributed by atoms with Gasteiger partial charge in [-0.3, -0.25) is 4.79 Å². The van der Waals surface area contributed by atoms with Crippen molar-refractivity contribution in [3.8, 4) is 0 Å². The quantitative estimate of drug-likeness (QED) is 0.307. The second-order valence-corrected chi connectivity index (χ2v) is 6.33. The molecule has 0 N–H and O–H groups in total. The molecule has 1 atom stereocenters. The lowest BCUT2D eigenvalue weighted by Gasteiger charge is -2.14. The van der Waals surface area contributed by atoms with Gasteiger partial charge >= 0.3 is 5.97 Å². The van der Waals surface area contributed by atoms with E-state index in [2.05, 4.69) is 43.0 Å². The molecule has 0 radical (unpaired) electrons. The van der Waals surface area contributed by atoms with Gasteiger partial charge in [-0.25, -0.2) is 0 Å². The van der Waals surface area contributed by atoms with Crippen LogP contribution in [-0.2, 0) is 22.4 Å². The van der Waals surface area contributed by atoms with Crippen molar-refractivity contribution in [2.75, 3.05) is 0 Å². The van der Waals surface area contributed by atoms with Crippen LogP contribution >= 0.6 is 0 Å². The van der Waals surface area contributed by atoms with Crippen molar-refractivity contribution in [3.63, 3.8) is 0 Å². The van der Waals surface area contributed by atoms with Crippen molar-refractivity contribution in [2.45, 2.75) is 51.0 Å². The molecule has 0 heterocycles. The molecule has 2 nitrogen and oxygen atoms in total. The van der Waals surface area contributed by atoms with Gasteiger partial charge in [-0.05, 0) is 49.7 Å². The highest BCUT2D eigenvalue weighted by atomic mass is 16.5. The van der Waals surface area contributed by atoms with E-state index in [1.165, 1.54) is 11.1 Å². The van der Waals surface area contributed by atoms with Crippen molar-refractivity contribution in [1.29, 1.82) is 0 Å². The molecule has 2 rings (SSSR count). The number of benzene rings is 2. The van der Waals surface area contributed by atoms with Gasteiger partial charge in [0.1, 0.15) is 6.10 Å². The second kappa shape index (κ2) is 11.2. The Hall–Kier alpha value is -2.35. The van der Waals surface area contributed by atoms with Crippen LogP contribution in [0.4, 0.5) is 0 Å². The van der Waals surface area contributed by atoms with Crippen LogP contribution in [0.3, 0.4) is 0 Å². The molecular formula is C23H28O2. The molecule has 0 aliphatic rings. The van der Waals surface area contributed by atoms with E-state index in [1.807, 2.05) is 24.3 Å². The summed E-state index contributed by atoms with van der Waals surface area (Å²) in [6, 6.07) is 20.7. The summed E-state index contributed by atoms with van der Waals surface area (Å²) in [6.07, 6.45) is 7.81. The van der Waals surface area contributed by atoms with Gasteiger partial charge in [0.15, 0.2) is 0 Å². The van der Waals surface area contributed by atoms with Crippen molar-refractivity contribution >= 4 is 5.97 Å². The molecule has 2 heteroatoms. The second-order valence-electron chi connectivity index (χ2n) is 6.33. The predicted molar refractivity (Wildman–Crippen MR) is 103 cm³/mol. The smallest absolute Gasteiger partial charge is 0.306 e. The first-order chi connectivity index (χ1) is 12.3. The number of carbonyl (C=O) groups excluding carboxylic acids is 1. The highest BCUT2D eigenvalue weighted by Gasteiger charge is 2.10. The summed E-state index contributed by atoms with van der Waals surface area (Å²) >= 11 is 0. The third-order valence-electron chi connectivity index (χ3n) is 4.28. The highest BCUT2D eigenvalue weighted by molar-refractivity contribution is 5.69. The third kappa shape index (κ3) is 7.84. The van der Waals surface area contributed by atoms with Crippen LogP contribution in [0.1, 0.15) is 43.2 Å². The van der Waals surface area contributed by atoms with Crippen LogP contribution in [0, 0.1) is 0 Å². The Bertz CT molecular complexity index is 619. The molecule has 0 fully saturated rings. The van der Waals surface area contributed by atoms with E-state index in [1.54, 1.807) is 6.08 Å². The molecule has 0 unspecified atom stereocenters. The predicted octanol–water partition coefficient (Wildman–Crippen LogP) is 5.52. The van der Waals surface area contributed by atoms with Gasteiger partial charge < -0.3 is 4.74 Å². The van der Waals surface area contributed by atoms with Crippen LogP contribution in [-0.4, -0.2) is 12.1 Å². The average Bonchev–Trinajstić information content (AvgIpc) is 2.66. The number of hydrogen-bond acceptors (Lipinski definition) is 2. The Morgan fingerprint density at radius 2 is 1.44 bits per heavy atom. The van der Waals surface area contributed by atoms with E-state index >= 15 is 0 Å². The molecule has 0 saturated heterocycles. The van der Waals surface area contributed by atoms with Gasteiger partial charge in [-0.1, -0.05) is 73.3 Å². The minimum Gasteiger partial charge on any atom is -0.458 e. The van der Waals surface area contributed by atoms with Gasteiger partial charge in [-0.2, -0.15) is 0 Å². The van der Waals surface area contributed by atoms with Crippen molar-refractivity contribution in [1.82, 2.24) is 0 Å². The Morgan fingerprint density at radius 1 is 0.880 bits per heavy atom. The molecule has 2 aromatic carbocycles. The standard InChI is InChI=1S/C23H28O2/c1-2-22(18-10-9-16-20-12-5-3-6-13-20)25-23(24)19-11-17-21-14-7-4-8-15-21/h2-8,12-15,22H,1,9-11,16-19H2/t22-/m0/s1. The molecule has 0 saturated carbocycles. The number of aryl methyl sites for hydroxylation is 2. The number of unbranched alkanes of at least 4 members (excludes halogenated alkanes) is 1. The lowest BCUT2D eigenvalue weighted by atomic mass is 10.1. The molecule has 0 aliphatic heterocycles. The molecular weight excluding hydrogens is 308 g/mol. The lowest BCUT2D eigenvalue weighted by Crippen LogP contribution is -2.16. The summed E-state index contributed by atoms with van der Waals surface area (Å²) in [6.45, 7) is 3.80. The fraction of sp³-hybridized carbons (Fsp3) is 0.348. The average molecular weight is 336 g/mol. The fourth-order valence-electron chi connectivity index (χ4n) is 2.85. The molecule has 0 aliphatic carbocycles. The van der Waals surface area contributed by atoms with Crippen LogP contribution < -0.4 is 0 Å². The maximum Gasteiger partial charge on any atom is 0.306 e. The van der Waals surface area contributed by atoms with E-state index in [0.717, 1.165) is 38.5 Å². The summed E-state index contributed by atoms with van der Waals surface area (Å²) in [5, 5.41) is 0. The molecule has 0 aromatic heterocycles. The summed E-state index contributed by atoms with van der Waals surface area (Å²) < 4.78 is 5.53. The summed E-state index contributed by atoms with van der Waals surface area (Å²) in [5.74, 6) is -0.121. The molecule has 0 amide bonds. The largest absolute Gasteiger partial charge is 0.458 e. The van der Waals surface area contributed by atoms with E-state index in [-0.39, 0.29) is 12.1 Å². The summed E-state index contributed by atoms with van der Waals surface area (Å²) in [5.41, 5.74) is 2.62. The number of carbonyl (C=O) groups is 1. The number of ether oxygens (including phenoxy) is 1. The monoisotopic (exact) mass is 336 g/mol. The Balaban J connectivity index is 1.59. The minimum atomic E-state index is -0.167. The van der Waals surface area contributed by atoms with Gasteiger partial charge in [-0.15, -0.1) is 0 Å². The first-order valence-corrected chi connectivity index (χ1v) is 9.18. The summed E-state index contributed by atoms with van der Waals surface area (Å²) in [4.78, 5) is 12.0. The zero-order valence-electron chi connectivity index (χ0n) is 14.9. The third-order valence-corrected chi connectivity index (χ3v) is 4.28. The summed E-state index contributed by atoms with van der Waals surface area (Å²) in [7, 11) is 0. The fourth-order valence-corrected chi connectivity index (χ4v) is 2.85.